The molecule has 1 aromatic heterocycles. The molecule has 1 spiro atoms. The molecule has 0 saturated carbocycles. The van der Waals surface area contributed by atoms with Gasteiger partial charge in [-0.3, -0.25) is 4.79 Å². The summed E-state index contributed by atoms with van der Waals surface area (Å²) in [7, 11) is 4.12. The molecule has 1 aromatic carbocycles. The Morgan fingerprint density at radius 2 is 2.10 bits per heavy atom. The molecule has 8 heteroatoms. The Labute approximate surface area is 232 Å². The van der Waals surface area contributed by atoms with Crippen LogP contribution in [-0.4, -0.2) is 78.6 Å². The number of aryl methyl sites for hydroxylation is 1. The van der Waals surface area contributed by atoms with Crippen LogP contribution in [0.2, 0.25) is 0 Å². The van der Waals surface area contributed by atoms with E-state index < -0.39 is 0 Å². The molecule has 2 unspecified atom stereocenters. The Hall–Kier alpha value is -3.44. The van der Waals surface area contributed by atoms with Crippen LogP contribution < -0.4 is 9.64 Å². The number of amides is 1. The van der Waals surface area contributed by atoms with E-state index in [1.54, 1.807) is 4.90 Å². The first kappa shape index (κ1) is 27.1. The van der Waals surface area contributed by atoms with Gasteiger partial charge in [0.15, 0.2) is 0 Å². The van der Waals surface area contributed by atoms with Gasteiger partial charge in [0.05, 0.1) is 30.8 Å². The van der Waals surface area contributed by atoms with Crippen molar-refractivity contribution in [2.75, 3.05) is 51.8 Å². The molecule has 0 bridgehead atoms. The third-order valence-electron chi connectivity index (χ3n) is 8.65. The molecule has 39 heavy (non-hydrogen) atoms. The van der Waals surface area contributed by atoms with Crippen molar-refractivity contribution in [3.63, 3.8) is 0 Å². The van der Waals surface area contributed by atoms with Gasteiger partial charge in [0.25, 0.3) is 0 Å². The molecule has 2 aromatic rings. The van der Waals surface area contributed by atoms with Crippen molar-refractivity contribution in [3.05, 3.63) is 59.3 Å². The predicted molar refractivity (Wildman–Crippen MR) is 152 cm³/mol. The number of ether oxygens (including phenoxy) is 1. The molecule has 1 aliphatic heterocycles. The number of hydrogen-bond donors (Lipinski definition) is 0. The van der Waals surface area contributed by atoms with Crippen LogP contribution in [-0.2, 0) is 29.5 Å². The van der Waals surface area contributed by atoms with Crippen LogP contribution in [0, 0.1) is 11.3 Å². The first-order valence-electron chi connectivity index (χ1n) is 14.2. The SMILES string of the molecule is C=CC(=O)N1CCN(c2nc(OCCCN(C)C)nc3c2CCC2(CCCc4ccccc42)C3)CC1CC#N. The van der Waals surface area contributed by atoms with Gasteiger partial charge in [-0.05, 0) is 76.2 Å². The molecule has 2 heterocycles. The standard InChI is InChI=1S/C31H40N6O2/c1-4-28(38)37-19-18-36(22-24(37)13-16-32)29-25-12-15-31(14-7-10-23-9-5-6-11-26(23)31)21-27(25)33-30(34-29)39-20-8-17-35(2)3/h4-6,9,11,24H,1,7-8,10,12-15,17-22H2,2-3H3. The number of carbonyl (C=O) groups excluding carboxylic acids is 1. The number of benzene rings is 1. The summed E-state index contributed by atoms with van der Waals surface area (Å²) < 4.78 is 6.14. The minimum atomic E-state index is -0.204. The normalized spacial score (nSPS) is 22.3. The number of carbonyl (C=O) groups is 1. The zero-order chi connectivity index (χ0) is 27.4. The molecule has 206 valence electrons. The van der Waals surface area contributed by atoms with Gasteiger partial charge in [0.1, 0.15) is 5.82 Å². The van der Waals surface area contributed by atoms with E-state index in [-0.39, 0.29) is 23.8 Å². The number of hydrogen-bond acceptors (Lipinski definition) is 7. The van der Waals surface area contributed by atoms with Crippen molar-refractivity contribution in [2.24, 2.45) is 0 Å². The summed E-state index contributed by atoms with van der Waals surface area (Å²) in [5, 5.41) is 9.48. The minimum Gasteiger partial charge on any atom is -0.463 e. The Kier molecular flexibility index (Phi) is 8.18. The molecule has 1 amide bonds. The molecule has 2 aliphatic carbocycles. The fourth-order valence-corrected chi connectivity index (χ4v) is 6.73. The number of nitriles is 1. The van der Waals surface area contributed by atoms with Crippen LogP contribution >= 0.6 is 0 Å². The summed E-state index contributed by atoms with van der Waals surface area (Å²) in [4.78, 5) is 28.6. The lowest BCUT2D eigenvalue weighted by atomic mass is 9.62. The lowest BCUT2D eigenvalue weighted by molar-refractivity contribution is -0.128. The molecule has 0 N–H and O–H groups in total. The van der Waals surface area contributed by atoms with Crippen molar-refractivity contribution >= 4 is 11.7 Å². The summed E-state index contributed by atoms with van der Waals surface area (Å²) >= 11 is 0. The van der Waals surface area contributed by atoms with E-state index in [9.17, 15) is 10.1 Å². The number of fused-ring (bicyclic) bond motifs is 3. The van der Waals surface area contributed by atoms with Gasteiger partial charge in [-0.2, -0.15) is 15.2 Å². The second kappa shape index (κ2) is 11.7. The fourth-order valence-electron chi connectivity index (χ4n) is 6.73. The third kappa shape index (κ3) is 5.65. The van der Waals surface area contributed by atoms with E-state index in [0.29, 0.717) is 32.3 Å². The Morgan fingerprint density at radius 1 is 1.26 bits per heavy atom. The molecule has 5 rings (SSSR count). The van der Waals surface area contributed by atoms with Crippen LogP contribution in [0.4, 0.5) is 5.82 Å². The van der Waals surface area contributed by atoms with Gasteiger partial charge in [-0.15, -0.1) is 0 Å². The molecule has 0 radical (unpaired) electrons. The smallest absolute Gasteiger partial charge is 0.318 e. The largest absolute Gasteiger partial charge is 0.463 e. The second-order valence-electron chi connectivity index (χ2n) is 11.4. The van der Waals surface area contributed by atoms with Crippen LogP contribution in [0.3, 0.4) is 0 Å². The minimum absolute atomic E-state index is 0.105. The van der Waals surface area contributed by atoms with Crippen LogP contribution in [0.15, 0.2) is 36.9 Å². The molecule has 8 nitrogen and oxygen atoms in total. The number of piperazine rings is 1. The van der Waals surface area contributed by atoms with Crippen molar-refractivity contribution < 1.29 is 9.53 Å². The van der Waals surface area contributed by atoms with Crippen LogP contribution in [0.1, 0.15) is 54.5 Å². The maximum atomic E-state index is 12.5. The first-order valence-corrected chi connectivity index (χ1v) is 14.2. The quantitative estimate of drug-likeness (QED) is 0.382. The zero-order valence-electron chi connectivity index (χ0n) is 23.4. The van der Waals surface area contributed by atoms with Gasteiger partial charge < -0.3 is 19.4 Å². The van der Waals surface area contributed by atoms with Crippen molar-refractivity contribution in [1.29, 1.82) is 5.26 Å². The highest BCUT2D eigenvalue weighted by Gasteiger charge is 2.42. The average molecular weight is 529 g/mol. The molecule has 1 saturated heterocycles. The zero-order valence-corrected chi connectivity index (χ0v) is 23.4. The van der Waals surface area contributed by atoms with Crippen LogP contribution in [0.5, 0.6) is 6.01 Å². The Morgan fingerprint density at radius 3 is 2.90 bits per heavy atom. The number of anilines is 1. The van der Waals surface area contributed by atoms with Gasteiger partial charge in [-0.1, -0.05) is 30.8 Å². The van der Waals surface area contributed by atoms with Crippen molar-refractivity contribution in [1.82, 2.24) is 19.8 Å². The number of nitrogens with zero attached hydrogens (tertiary/aromatic N) is 6. The Bertz CT molecular complexity index is 1250. The van der Waals surface area contributed by atoms with Crippen LogP contribution in [0.25, 0.3) is 0 Å². The lowest BCUT2D eigenvalue weighted by Crippen LogP contribution is -2.55. The molecular formula is C31H40N6O2. The maximum absolute atomic E-state index is 12.5. The summed E-state index contributed by atoms with van der Waals surface area (Å²) in [6, 6.07) is 11.4. The average Bonchev–Trinajstić information content (AvgIpc) is 2.95. The third-order valence-corrected chi connectivity index (χ3v) is 8.65. The highest BCUT2D eigenvalue weighted by atomic mass is 16.5. The topological polar surface area (TPSA) is 85.6 Å². The van der Waals surface area contributed by atoms with Gasteiger partial charge in [-0.25, -0.2) is 0 Å². The molecule has 2 atom stereocenters. The summed E-state index contributed by atoms with van der Waals surface area (Å²) in [5.41, 5.74) is 5.36. The molecular weight excluding hydrogens is 488 g/mol. The molecule has 3 aliphatic rings. The highest BCUT2D eigenvalue weighted by molar-refractivity contribution is 5.87. The van der Waals surface area contributed by atoms with Crippen molar-refractivity contribution in [3.8, 4) is 12.1 Å². The highest BCUT2D eigenvalue weighted by Crippen LogP contribution is 2.47. The van der Waals surface area contributed by atoms with Gasteiger partial charge in [0.2, 0.25) is 5.91 Å². The summed E-state index contributed by atoms with van der Waals surface area (Å²) in [6.45, 7) is 6.89. The second-order valence-corrected chi connectivity index (χ2v) is 11.4. The fraction of sp³-hybridized carbons (Fsp3) is 0.548. The monoisotopic (exact) mass is 528 g/mol. The predicted octanol–water partition coefficient (Wildman–Crippen LogP) is 3.69. The summed E-state index contributed by atoms with van der Waals surface area (Å²) in [5.74, 6) is 0.789. The van der Waals surface area contributed by atoms with E-state index in [2.05, 4.69) is 60.8 Å². The van der Waals surface area contributed by atoms with E-state index in [1.807, 2.05) is 0 Å². The van der Waals surface area contributed by atoms with Gasteiger partial charge >= 0.3 is 6.01 Å². The van der Waals surface area contributed by atoms with E-state index >= 15 is 0 Å². The Balaban J connectivity index is 1.47. The van der Waals surface area contributed by atoms with Crippen molar-refractivity contribution in [2.45, 2.75) is 62.8 Å². The number of rotatable bonds is 8. The first-order chi connectivity index (χ1) is 18.9. The molecule has 1 fully saturated rings. The van der Waals surface area contributed by atoms with E-state index in [1.165, 1.54) is 35.6 Å². The number of aromatic nitrogens is 2. The summed E-state index contributed by atoms with van der Waals surface area (Å²) in [6.07, 6.45) is 8.91. The van der Waals surface area contributed by atoms with Gasteiger partial charge in [0, 0.05) is 37.2 Å². The maximum Gasteiger partial charge on any atom is 0.318 e. The lowest BCUT2D eigenvalue weighted by Gasteiger charge is -2.44. The van der Waals surface area contributed by atoms with E-state index in [4.69, 9.17) is 14.7 Å². The van der Waals surface area contributed by atoms with E-state index in [0.717, 1.165) is 50.2 Å².